The average Bonchev–Trinajstić information content (AvgIpc) is 2.83. The maximum Gasteiger partial charge on any atom is 0.317 e. The van der Waals surface area contributed by atoms with Gasteiger partial charge in [0.25, 0.3) is 0 Å². The van der Waals surface area contributed by atoms with Gasteiger partial charge >= 0.3 is 6.03 Å². The molecule has 0 radical (unpaired) electrons. The van der Waals surface area contributed by atoms with E-state index in [0.29, 0.717) is 6.54 Å². The van der Waals surface area contributed by atoms with Crippen LogP contribution >= 0.6 is 0 Å². The molecule has 1 aliphatic heterocycles. The lowest BCUT2D eigenvalue weighted by Crippen LogP contribution is -2.35. The fourth-order valence-corrected chi connectivity index (χ4v) is 2.19. The summed E-state index contributed by atoms with van der Waals surface area (Å²) in [7, 11) is 2.07. The lowest BCUT2D eigenvalue weighted by Gasteiger charge is -2.21. The number of benzene rings is 1. The number of carbonyl (C=O) groups excluding carboxylic acids is 1. The van der Waals surface area contributed by atoms with Gasteiger partial charge in [0, 0.05) is 39.3 Å². The molecule has 1 saturated heterocycles. The van der Waals surface area contributed by atoms with Gasteiger partial charge in [0.1, 0.15) is 0 Å². The summed E-state index contributed by atoms with van der Waals surface area (Å²) in [6.07, 6.45) is 0. The molecular weight excluding hydrogens is 240 g/mol. The van der Waals surface area contributed by atoms with Crippen LogP contribution in [-0.2, 0) is 13.1 Å². The maximum atomic E-state index is 11.4. The molecule has 1 aliphatic rings. The van der Waals surface area contributed by atoms with Gasteiger partial charge in [0.2, 0.25) is 0 Å². The molecule has 0 atom stereocenters. The molecular formula is C14H22N4O. The highest BCUT2D eigenvalue weighted by molar-refractivity contribution is 5.76. The van der Waals surface area contributed by atoms with E-state index in [1.807, 2.05) is 4.90 Å². The molecule has 1 fully saturated rings. The van der Waals surface area contributed by atoms with Crippen LogP contribution in [0.2, 0.25) is 0 Å². The van der Waals surface area contributed by atoms with E-state index >= 15 is 0 Å². The predicted octanol–water partition coefficient (Wildman–Crippen LogP) is 0.602. The summed E-state index contributed by atoms with van der Waals surface area (Å²) in [5, 5.41) is 2.81. The number of likely N-dealkylation sites (N-methyl/N-ethyl adjacent to an activating group) is 1. The number of hydrogen-bond acceptors (Lipinski definition) is 3. The molecule has 1 aromatic carbocycles. The SMILES string of the molecule is CN(CCN1CCNC1=O)Cc1ccc(CN)cc1. The van der Waals surface area contributed by atoms with Crippen molar-refractivity contribution in [3.05, 3.63) is 35.4 Å². The van der Waals surface area contributed by atoms with E-state index < -0.39 is 0 Å². The number of nitrogens with one attached hydrogen (secondary N) is 1. The van der Waals surface area contributed by atoms with Crippen molar-refractivity contribution in [1.82, 2.24) is 15.1 Å². The van der Waals surface area contributed by atoms with Crippen LogP contribution < -0.4 is 11.1 Å². The topological polar surface area (TPSA) is 61.6 Å². The first-order valence-corrected chi connectivity index (χ1v) is 6.68. The van der Waals surface area contributed by atoms with Gasteiger partial charge in [-0.05, 0) is 18.2 Å². The summed E-state index contributed by atoms with van der Waals surface area (Å²) in [5.41, 5.74) is 8.00. The molecule has 0 aromatic heterocycles. The predicted molar refractivity (Wildman–Crippen MR) is 75.6 cm³/mol. The second-order valence-electron chi connectivity index (χ2n) is 4.98. The first kappa shape index (κ1) is 13.8. The standard InChI is InChI=1S/C14H22N4O/c1-17(8-9-18-7-6-16-14(18)19)11-13-4-2-12(10-15)3-5-13/h2-5H,6-11,15H2,1H3,(H,16,19). The Morgan fingerprint density at radius 2 is 2.00 bits per heavy atom. The fraction of sp³-hybridized carbons (Fsp3) is 0.500. The van der Waals surface area contributed by atoms with Crippen molar-refractivity contribution in [3.63, 3.8) is 0 Å². The minimum Gasteiger partial charge on any atom is -0.336 e. The van der Waals surface area contributed by atoms with E-state index in [-0.39, 0.29) is 6.03 Å². The minimum atomic E-state index is 0.0562. The number of amides is 2. The highest BCUT2D eigenvalue weighted by Crippen LogP contribution is 2.06. The van der Waals surface area contributed by atoms with Crippen molar-refractivity contribution >= 4 is 6.03 Å². The van der Waals surface area contributed by atoms with Gasteiger partial charge in [0.05, 0.1) is 0 Å². The molecule has 0 unspecified atom stereocenters. The van der Waals surface area contributed by atoms with E-state index in [2.05, 4.69) is 41.5 Å². The van der Waals surface area contributed by atoms with Crippen LogP contribution in [0.4, 0.5) is 4.79 Å². The number of hydrogen-bond donors (Lipinski definition) is 2. The van der Waals surface area contributed by atoms with Crippen LogP contribution in [0.3, 0.4) is 0 Å². The zero-order valence-corrected chi connectivity index (χ0v) is 11.4. The molecule has 1 aromatic rings. The van der Waals surface area contributed by atoms with Crippen molar-refractivity contribution in [2.24, 2.45) is 5.73 Å². The van der Waals surface area contributed by atoms with Crippen molar-refractivity contribution in [1.29, 1.82) is 0 Å². The normalized spacial score (nSPS) is 15.1. The molecule has 2 rings (SSSR count). The molecule has 0 spiro atoms. The number of rotatable bonds is 6. The monoisotopic (exact) mass is 262 g/mol. The third kappa shape index (κ3) is 3.94. The van der Waals surface area contributed by atoms with Crippen molar-refractivity contribution in [2.45, 2.75) is 13.1 Å². The van der Waals surface area contributed by atoms with Crippen LogP contribution in [0.5, 0.6) is 0 Å². The Balaban J connectivity index is 1.76. The Hall–Kier alpha value is -1.59. The number of nitrogens with zero attached hydrogens (tertiary/aromatic N) is 2. The van der Waals surface area contributed by atoms with Crippen LogP contribution in [0.15, 0.2) is 24.3 Å². The Kier molecular flexibility index (Phi) is 4.76. The van der Waals surface area contributed by atoms with E-state index in [0.717, 1.165) is 38.3 Å². The van der Waals surface area contributed by atoms with Crippen LogP contribution in [0, 0.1) is 0 Å². The minimum absolute atomic E-state index is 0.0562. The first-order valence-electron chi connectivity index (χ1n) is 6.68. The molecule has 19 heavy (non-hydrogen) atoms. The molecule has 0 bridgehead atoms. The van der Waals surface area contributed by atoms with Crippen LogP contribution in [0.1, 0.15) is 11.1 Å². The van der Waals surface area contributed by atoms with Gasteiger partial charge in [-0.15, -0.1) is 0 Å². The van der Waals surface area contributed by atoms with Crippen molar-refractivity contribution in [3.8, 4) is 0 Å². The third-order valence-electron chi connectivity index (χ3n) is 3.41. The Bertz CT molecular complexity index is 418. The lowest BCUT2D eigenvalue weighted by atomic mass is 10.1. The Labute approximate surface area is 114 Å². The summed E-state index contributed by atoms with van der Waals surface area (Å²) in [6, 6.07) is 8.41. The average molecular weight is 262 g/mol. The molecule has 5 nitrogen and oxygen atoms in total. The van der Waals surface area contributed by atoms with Crippen molar-refractivity contribution < 1.29 is 4.79 Å². The highest BCUT2D eigenvalue weighted by Gasteiger charge is 2.18. The Morgan fingerprint density at radius 1 is 1.32 bits per heavy atom. The van der Waals surface area contributed by atoms with Gasteiger partial charge in [-0.2, -0.15) is 0 Å². The number of urea groups is 1. The first-order chi connectivity index (χ1) is 9.19. The molecule has 0 saturated carbocycles. The van der Waals surface area contributed by atoms with Gasteiger partial charge in [-0.1, -0.05) is 24.3 Å². The second-order valence-corrected chi connectivity index (χ2v) is 4.98. The summed E-state index contributed by atoms with van der Waals surface area (Å²) in [6.45, 7) is 4.72. The van der Waals surface area contributed by atoms with E-state index in [4.69, 9.17) is 5.73 Å². The van der Waals surface area contributed by atoms with E-state index in [9.17, 15) is 4.79 Å². The summed E-state index contributed by atoms with van der Waals surface area (Å²) in [4.78, 5) is 15.5. The quantitative estimate of drug-likeness (QED) is 0.789. The van der Waals surface area contributed by atoms with Crippen LogP contribution in [0.25, 0.3) is 0 Å². The molecule has 0 aliphatic carbocycles. The smallest absolute Gasteiger partial charge is 0.317 e. The molecule has 1 heterocycles. The molecule has 2 amide bonds. The van der Waals surface area contributed by atoms with E-state index in [1.165, 1.54) is 5.56 Å². The molecule has 104 valence electrons. The zero-order valence-electron chi connectivity index (χ0n) is 11.4. The van der Waals surface area contributed by atoms with Gasteiger partial charge < -0.3 is 20.9 Å². The third-order valence-corrected chi connectivity index (χ3v) is 3.41. The van der Waals surface area contributed by atoms with Gasteiger partial charge in [0.15, 0.2) is 0 Å². The molecule has 3 N–H and O–H groups in total. The zero-order chi connectivity index (χ0) is 13.7. The highest BCUT2D eigenvalue weighted by atomic mass is 16.2. The summed E-state index contributed by atoms with van der Waals surface area (Å²) >= 11 is 0. The maximum absolute atomic E-state index is 11.4. The van der Waals surface area contributed by atoms with Gasteiger partial charge in [-0.3, -0.25) is 0 Å². The number of carbonyl (C=O) groups is 1. The Morgan fingerprint density at radius 3 is 2.58 bits per heavy atom. The summed E-state index contributed by atoms with van der Waals surface area (Å²) < 4.78 is 0. The fourth-order valence-electron chi connectivity index (χ4n) is 2.19. The van der Waals surface area contributed by atoms with Gasteiger partial charge in [-0.25, -0.2) is 4.79 Å². The number of nitrogens with two attached hydrogens (primary N) is 1. The largest absolute Gasteiger partial charge is 0.336 e. The molecule has 5 heteroatoms. The van der Waals surface area contributed by atoms with E-state index in [1.54, 1.807) is 0 Å². The lowest BCUT2D eigenvalue weighted by molar-refractivity contribution is 0.207. The van der Waals surface area contributed by atoms with Crippen molar-refractivity contribution in [2.75, 3.05) is 33.2 Å². The second kappa shape index (κ2) is 6.54. The summed E-state index contributed by atoms with van der Waals surface area (Å²) in [5.74, 6) is 0. The van der Waals surface area contributed by atoms with Crippen LogP contribution in [-0.4, -0.2) is 49.1 Å².